The Kier molecular flexibility index (Phi) is 3.52. The van der Waals surface area contributed by atoms with Crippen LogP contribution in [0.3, 0.4) is 0 Å². The van der Waals surface area contributed by atoms with Crippen molar-refractivity contribution in [1.29, 1.82) is 0 Å². The highest BCUT2D eigenvalue weighted by Gasteiger charge is 2.34. The molecule has 1 aromatic carbocycles. The molecule has 1 saturated heterocycles. The number of likely N-dealkylation sites (N-methyl/N-ethyl adjacent to an activating group) is 1. The molecule has 5 heteroatoms. The van der Waals surface area contributed by atoms with Crippen molar-refractivity contribution in [3.8, 4) is 0 Å². The maximum Gasteiger partial charge on any atom is 0.418 e. The number of likely N-dealkylation sites (tertiary alicyclic amines) is 1. The fraction of sp³-hybridized carbons (Fsp3) is 0.538. The van der Waals surface area contributed by atoms with E-state index < -0.39 is 11.7 Å². The summed E-state index contributed by atoms with van der Waals surface area (Å²) in [6.45, 7) is 1.00. The first-order chi connectivity index (χ1) is 8.39. The lowest BCUT2D eigenvalue weighted by Gasteiger charge is -2.21. The first kappa shape index (κ1) is 13.2. The summed E-state index contributed by atoms with van der Waals surface area (Å²) in [5.74, 6) is 0. The molecule has 2 rings (SSSR count). The molecular formula is C13H17F3N2. The zero-order valence-electron chi connectivity index (χ0n) is 10.3. The van der Waals surface area contributed by atoms with Crippen LogP contribution in [-0.2, 0) is 12.6 Å². The summed E-state index contributed by atoms with van der Waals surface area (Å²) >= 11 is 0. The lowest BCUT2D eigenvalue weighted by molar-refractivity contribution is -0.136. The molecule has 0 aliphatic carbocycles. The number of nitrogens with zero attached hydrogens (tertiary/aromatic N) is 1. The van der Waals surface area contributed by atoms with Crippen LogP contribution < -0.4 is 5.73 Å². The number of hydrogen-bond acceptors (Lipinski definition) is 2. The average molecular weight is 258 g/mol. The zero-order chi connectivity index (χ0) is 13.3. The van der Waals surface area contributed by atoms with Crippen LogP contribution >= 0.6 is 0 Å². The number of alkyl halides is 3. The molecule has 2 nitrogen and oxygen atoms in total. The molecule has 0 amide bonds. The van der Waals surface area contributed by atoms with Gasteiger partial charge in [0.2, 0.25) is 0 Å². The predicted octanol–water partition coefficient (Wildman–Crippen LogP) is 2.92. The predicted molar refractivity (Wildman–Crippen MR) is 65.2 cm³/mol. The fourth-order valence-electron chi connectivity index (χ4n) is 2.53. The van der Waals surface area contributed by atoms with E-state index >= 15 is 0 Å². The van der Waals surface area contributed by atoms with E-state index in [2.05, 4.69) is 4.90 Å². The zero-order valence-corrected chi connectivity index (χ0v) is 10.3. The van der Waals surface area contributed by atoms with Crippen molar-refractivity contribution in [1.82, 2.24) is 4.90 Å². The number of hydrogen-bond donors (Lipinski definition) is 1. The first-order valence-electron chi connectivity index (χ1n) is 6.04. The molecule has 0 spiro atoms. The SMILES string of the molecule is CN1CCCC1Cc1cccc(C(F)(F)F)c1N. The number of anilines is 1. The number of para-hydroxylation sites is 1. The minimum atomic E-state index is -4.37. The largest absolute Gasteiger partial charge is 0.418 e. The highest BCUT2D eigenvalue weighted by molar-refractivity contribution is 5.55. The van der Waals surface area contributed by atoms with E-state index in [1.807, 2.05) is 7.05 Å². The number of rotatable bonds is 2. The Morgan fingerprint density at radius 2 is 2.11 bits per heavy atom. The number of halogens is 3. The molecule has 1 heterocycles. The van der Waals surface area contributed by atoms with Gasteiger partial charge in [0.15, 0.2) is 0 Å². The normalized spacial score (nSPS) is 21.4. The molecular weight excluding hydrogens is 241 g/mol. The van der Waals surface area contributed by atoms with Crippen LogP contribution in [0.1, 0.15) is 24.0 Å². The van der Waals surface area contributed by atoms with Crippen LogP contribution in [0.25, 0.3) is 0 Å². The van der Waals surface area contributed by atoms with Gasteiger partial charge in [-0.05, 0) is 44.5 Å². The van der Waals surface area contributed by atoms with E-state index in [0.29, 0.717) is 18.0 Å². The highest BCUT2D eigenvalue weighted by Crippen LogP contribution is 2.35. The Bertz CT molecular complexity index is 429. The lowest BCUT2D eigenvalue weighted by Crippen LogP contribution is -2.27. The minimum Gasteiger partial charge on any atom is -0.398 e. The molecule has 1 fully saturated rings. The maximum atomic E-state index is 12.7. The van der Waals surface area contributed by atoms with Crippen LogP contribution in [0.2, 0.25) is 0 Å². The molecule has 0 saturated carbocycles. The van der Waals surface area contributed by atoms with E-state index in [0.717, 1.165) is 25.5 Å². The van der Waals surface area contributed by atoms with Crippen LogP contribution in [-0.4, -0.2) is 24.5 Å². The minimum absolute atomic E-state index is 0.120. The molecule has 1 atom stereocenters. The topological polar surface area (TPSA) is 29.3 Å². The van der Waals surface area contributed by atoms with Crippen molar-refractivity contribution < 1.29 is 13.2 Å². The van der Waals surface area contributed by atoms with Gasteiger partial charge in [-0.15, -0.1) is 0 Å². The van der Waals surface area contributed by atoms with E-state index in [-0.39, 0.29) is 5.69 Å². The molecule has 1 unspecified atom stereocenters. The molecule has 18 heavy (non-hydrogen) atoms. The second kappa shape index (κ2) is 4.80. The molecule has 100 valence electrons. The lowest BCUT2D eigenvalue weighted by atomic mass is 9.99. The maximum absolute atomic E-state index is 12.7. The summed E-state index contributed by atoms with van der Waals surface area (Å²) in [5.41, 5.74) is 5.41. The fourth-order valence-corrected chi connectivity index (χ4v) is 2.53. The van der Waals surface area contributed by atoms with E-state index in [9.17, 15) is 13.2 Å². The van der Waals surface area contributed by atoms with Gasteiger partial charge in [-0.25, -0.2) is 0 Å². The van der Waals surface area contributed by atoms with Crippen LogP contribution in [0.4, 0.5) is 18.9 Å². The summed E-state index contributed by atoms with van der Waals surface area (Å²) in [5, 5.41) is 0. The summed E-state index contributed by atoms with van der Waals surface area (Å²) in [6.07, 6.45) is -1.67. The summed E-state index contributed by atoms with van der Waals surface area (Å²) in [6, 6.07) is 4.47. The van der Waals surface area contributed by atoms with Gasteiger partial charge >= 0.3 is 6.18 Å². The monoisotopic (exact) mass is 258 g/mol. The number of nitrogen functional groups attached to an aromatic ring is 1. The van der Waals surface area contributed by atoms with Crippen molar-refractivity contribution in [2.45, 2.75) is 31.5 Å². The van der Waals surface area contributed by atoms with Gasteiger partial charge in [-0.2, -0.15) is 13.2 Å². The Labute approximate surface area is 105 Å². The molecule has 1 aromatic rings. The summed E-state index contributed by atoms with van der Waals surface area (Å²) < 4.78 is 38.2. The van der Waals surface area contributed by atoms with Crippen molar-refractivity contribution in [3.63, 3.8) is 0 Å². The van der Waals surface area contributed by atoms with Crippen molar-refractivity contribution in [2.75, 3.05) is 19.3 Å². The highest BCUT2D eigenvalue weighted by atomic mass is 19.4. The third-order valence-corrected chi connectivity index (χ3v) is 3.63. The van der Waals surface area contributed by atoms with Gasteiger partial charge in [0.1, 0.15) is 0 Å². The molecule has 0 bridgehead atoms. The average Bonchev–Trinajstić information content (AvgIpc) is 2.66. The molecule has 2 N–H and O–H groups in total. The molecule has 1 aliphatic rings. The van der Waals surface area contributed by atoms with E-state index in [1.54, 1.807) is 6.07 Å². The van der Waals surface area contributed by atoms with Gasteiger partial charge in [0.05, 0.1) is 5.56 Å². The standard InChI is InChI=1S/C13H17F3N2/c1-18-7-3-5-10(18)8-9-4-2-6-11(12(9)17)13(14,15)16/h2,4,6,10H,3,5,7-8,17H2,1H3. The Morgan fingerprint density at radius 3 is 2.67 bits per heavy atom. The van der Waals surface area contributed by atoms with E-state index in [4.69, 9.17) is 5.73 Å². The Hall–Kier alpha value is -1.23. The Morgan fingerprint density at radius 1 is 1.39 bits per heavy atom. The van der Waals surface area contributed by atoms with E-state index in [1.165, 1.54) is 6.07 Å². The van der Waals surface area contributed by atoms with Crippen molar-refractivity contribution in [3.05, 3.63) is 29.3 Å². The van der Waals surface area contributed by atoms with Gasteiger partial charge in [-0.3, -0.25) is 0 Å². The van der Waals surface area contributed by atoms with Gasteiger partial charge in [0.25, 0.3) is 0 Å². The van der Waals surface area contributed by atoms with Crippen molar-refractivity contribution >= 4 is 5.69 Å². The smallest absolute Gasteiger partial charge is 0.398 e. The molecule has 0 aromatic heterocycles. The van der Waals surface area contributed by atoms with Crippen LogP contribution in [0, 0.1) is 0 Å². The molecule has 0 radical (unpaired) electrons. The summed E-state index contributed by atoms with van der Waals surface area (Å²) in [4.78, 5) is 2.18. The second-order valence-electron chi connectivity index (χ2n) is 4.86. The third kappa shape index (κ3) is 2.61. The van der Waals surface area contributed by atoms with Crippen LogP contribution in [0.5, 0.6) is 0 Å². The van der Waals surface area contributed by atoms with Gasteiger partial charge in [-0.1, -0.05) is 12.1 Å². The third-order valence-electron chi connectivity index (χ3n) is 3.63. The van der Waals surface area contributed by atoms with Crippen LogP contribution in [0.15, 0.2) is 18.2 Å². The second-order valence-corrected chi connectivity index (χ2v) is 4.86. The quantitative estimate of drug-likeness (QED) is 0.826. The Balaban J connectivity index is 2.24. The van der Waals surface area contributed by atoms with Gasteiger partial charge < -0.3 is 10.6 Å². The summed E-state index contributed by atoms with van der Waals surface area (Å²) in [7, 11) is 2.00. The van der Waals surface area contributed by atoms with Crippen molar-refractivity contribution in [2.24, 2.45) is 0 Å². The number of nitrogens with two attached hydrogens (primary N) is 1. The first-order valence-corrected chi connectivity index (χ1v) is 6.04. The number of benzene rings is 1. The molecule has 1 aliphatic heterocycles. The van der Waals surface area contributed by atoms with Gasteiger partial charge in [0, 0.05) is 11.7 Å².